The third-order valence-electron chi connectivity index (χ3n) is 2.46. The normalized spacial score (nSPS) is 10.2. The molecule has 0 radical (unpaired) electrons. The van der Waals surface area contributed by atoms with Crippen molar-refractivity contribution in [2.24, 2.45) is 0 Å². The Bertz CT molecular complexity index is 596. The Morgan fingerprint density at radius 2 is 2.00 bits per heavy atom. The van der Waals surface area contributed by atoms with E-state index in [0.717, 1.165) is 16.3 Å². The summed E-state index contributed by atoms with van der Waals surface area (Å²) in [5.41, 5.74) is 1.43. The number of benzene rings is 2. The van der Waals surface area contributed by atoms with Gasteiger partial charge < -0.3 is 4.74 Å². The first-order valence-electron chi connectivity index (χ1n) is 5.29. The summed E-state index contributed by atoms with van der Waals surface area (Å²) in [5.74, 6) is 1.17. The molecule has 0 spiro atoms. The Kier molecular flexibility index (Phi) is 4.04. The quantitative estimate of drug-likeness (QED) is 0.741. The first kappa shape index (κ1) is 13.1. The minimum Gasteiger partial charge on any atom is -0.457 e. The van der Waals surface area contributed by atoms with Crippen molar-refractivity contribution in [2.45, 2.75) is 6.92 Å². The SMILES string of the molecule is Cc1cc(Oc2cc(Br)ccc2C=O)ccc1Cl. The van der Waals surface area contributed by atoms with E-state index < -0.39 is 0 Å². The molecular formula is C14H10BrClO2. The number of rotatable bonds is 3. The van der Waals surface area contributed by atoms with Gasteiger partial charge in [-0.05, 0) is 48.9 Å². The summed E-state index contributed by atoms with van der Waals surface area (Å²) in [5, 5.41) is 0.687. The number of hydrogen-bond donors (Lipinski definition) is 0. The standard InChI is InChI=1S/C14H10BrClO2/c1-9-6-12(4-5-13(9)16)18-14-7-11(15)3-2-10(14)8-17/h2-8H,1H3. The van der Waals surface area contributed by atoms with Crippen LogP contribution in [0.3, 0.4) is 0 Å². The van der Waals surface area contributed by atoms with Crippen LogP contribution in [0.2, 0.25) is 5.02 Å². The van der Waals surface area contributed by atoms with Gasteiger partial charge in [-0.2, -0.15) is 0 Å². The maximum Gasteiger partial charge on any atom is 0.153 e. The molecule has 92 valence electrons. The minimum absolute atomic E-state index is 0.505. The lowest BCUT2D eigenvalue weighted by molar-refractivity contribution is 0.112. The number of hydrogen-bond acceptors (Lipinski definition) is 2. The summed E-state index contributed by atoms with van der Waals surface area (Å²) in [7, 11) is 0. The maximum atomic E-state index is 10.9. The molecule has 0 fully saturated rings. The highest BCUT2D eigenvalue weighted by atomic mass is 79.9. The molecule has 0 amide bonds. The van der Waals surface area contributed by atoms with Gasteiger partial charge in [-0.15, -0.1) is 0 Å². The van der Waals surface area contributed by atoms with Gasteiger partial charge in [-0.25, -0.2) is 0 Å². The molecule has 2 rings (SSSR count). The van der Waals surface area contributed by atoms with Gasteiger partial charge in [0.05, 0.1) is 5.56 Å². The highest BCUT2D eigenvalue weighted by Gasteiger charge is 2.06. The number of carbonyl (C=O) groups is 1. The van der Waals surface area contributed by atoms with Crippen LogP contribution in [-0.4, -0.2) is 6.29 Å². The second-order valence-corrected chi connectivity index (χ2v) is 5.14. The minimum atomic E-state index is 0.505. The van der Waals surface area contributed by atoms with Crippen LogP contribution in [0, 0.1) is 6.92 Å². The molecule has 0 saturated heterocycles. The predicted octanol–water partition coefficient (Wildman–Crippen LogP) is 5.02. The topological polar surface area (TPSA) is 26.3 Å². The zero-order valence-electron chi connectivity index (χ0n) is 9.61. The first-order chi connectivity index (χ1) is 8.60. The molecule has 0 saturated carbocycles. The Morgan fingerprint density at radius 3 is 2.67 bits per heavy atom. The summed E-state index contributed by atoms with van der Waals surface area (Å²) < 4.78 is 6.55. The third-order valence-corrected chi connectivity index (χ3v) is 3.38. The summed E-state index contributed by atoms with van der Waals surface area (Å²) in [6.45, 7) is 1.90. The van der Waals surface area contributed by atoms with Gasteiger partial charge in [-0.1, -0.05) is 27.5 Å². The van der Waals surface area contributed by atoms with E-state index in [2.05, 4.69) is 15.9 Å². The lowest BCUT2D eigenvalue weighted by Gasteiger charge is -2.09. The zero-order chi connectivity index (χ0) is 13.1. The van der Waals surface area contributed by atoms with Crippen molar-refractivity contribution in [2.75, 3.05) is 0 Å². The van der Waals surface area contributed by atoms with E-state index in [4.69, 9.17) is 16.3 Å². The van der Waals surface area contributed by atoms with Crippen LogP contribution in [0.1, 0.15) is 15.9 Å². The van der Waals surface area contributed by atoms with Crippen LogP contribution < -0.4 is 4.74 Å². The lowest BCUT2D eigenvalue weighted by atomic mass is 10.2. The molecule has 0 aliphatic heterocycles. The van der Waals surface area contributed by atoms with Crippen molar-refractivity contribution in [3.8, 4) is 11.5 Å². The van der Waals surface area contributed by atoms with E-state index in [1.807, 2.05) is 13.0 Å². The molecule has 0 aliphatic rings. The van der Waals surface area contributed by atoms with Gasteiger partial charge in [0, 0.05) is 9.50 Å². The van der Waals surface area contributed by atoms with Crippen LogP contribution in [0.15, 0.2) is 40.9 Å². The Balaban J connectivity index is 2.35. The molecule has 0 N–H and O–H groups in total. The number of aryl methyl sites for hydroxylation is 1. The predicted molar refractivity (Wildman–Crippen MR) is 75.8 cm³/mol. The van der Waals surface area contributed by atoms with Crippen LogP contribution in [0.5, 0.6) is 11.5 Å². The van der Waals surface area contributed by atoms with Gasteiger partial charge in [0.2, 0.25) is 0 Å². The molecule has 0 aromatic heterocycles. The van der Waals surface area contributed by atoms with Crippen molar-refractivity contribution >= 4 is 33.8 Å². The Labute approximate surface area is 119 Å². The van der Waals surface area contributed by atoms with E-state index in [1.54, 1.807) is 30.3 Å². The summed E-state index contributed by atoms with van der Waals surface area (Å²) in [6, 6.07) is 10.6. The number of aldehydes is 1. The lowest BCUT2D eigenvalue weighted by Crippen LogP contribution is -1.91. The van der Waals surface area contributed by atoms with Crippen LogP contribution in [-0.2, 0) is 0 Å². The van der Waals surface area contributed by atoms with E-state index in [0.29, 0.717) is 22.1 Å². The highest BCUT2D eigenvalue weighted by molar-refractivity contribution is 9.10. The third kappa shape index (κ3) is 2.92. The van der Waals surface area contributed by atoms with Gasteiger partial charge in [0.25, 0.3) is 0 Å². The Morgan fingerprint density at radius 1 is 1.22 bits per heavy atom. The fraction of sp³-hybridized carbons (Fsp3) is 0.0714. The van der Waals surface area contributed by atoms with Crippen LogP contribution >= 0.6 is 27.5 Å². The zero-order valence-corrected chi connectivity index (χ0v) is 12.0. The Hall–Kier alpha value is -1.32. The monoisotopic (exact) mass is 324 g/mol. The van der Waals surface area contributed by atoms with Crippen molar-refractivity contribution in [3.05, 3.63) is 57.0 Å². The van der Waals surface area contributed by atoms with Crippen molar-refractivity contribution in [3.63, 3.8) is 0 Å². The molecular weight excluding hydrogens is 316 g/mol. The average molecular weight is 326 g/mol. The first-order valence-corrected chi connectivity index (χ1v) is 6.46. The molecule has 18 heavy (non-hydrogen) atoms. The highest BCUT2D eigenvalue weighted by Crippen LogP contribution is 2.29. The molecule has 0 unspecified atom stereocenters. The fourth-order valence-corrected chi connectivity index (χ4v) is 1.96. The summed E-state index contributed by atoms with van der Waals surface area (Å²) in [6.07, 6.45) is 0.768. The molecule has 0 heterocycles. The van der Waals surface area contributed by atoms with Crippen molar-refractivity contribution in [1.29, 1.82) is 0 Å². The maximum absolute atomic E-state index is 10.9. The second kappa shape index (κ2) is 5.55. The average Bonchev–Trinajstić information content (AvgIpc) is 2.34. The molecule has 4 heteroatoms. The van der Waals surface area contributed by atoms with E-state index in [1.165, 1.54) is 0 Å². The van der Waals surface area contributed by atoms with Gasteiger partial charge in [0.1, 0.15) is 11.5 Å². The van der Waals surface area contributed by atoms with Crippen molar-refractivity contribution < 1.29 is 9.53 Å². The van der Waals surface area contributed by atoms with Crippen molar-refractivity contribution in [1.82, 2.24) is 0 Å². The van der Waals surface area contributed by atoms with Crippen LogP contribution in [0.25, 0.3) is 0 Å². The molecule has 2 nitrogen and oxygen atoms in total. The number of carbonyl (C=O) groups excluding carboxylic acids is 1. The molecule has 0 atom stereocenters. The number of ether oxygens (including phenoxy) is 1. The summed E-state index contributed by atoms with van der Waals surface area (Å²) in [4.78, 5) is 10.9. The fourth-order valence-electron chi connectivity index (χ4n) is 1.50. The van der Waals surface area contributed by atoms with Gasteiger partial charge >= 0.3 is 0 Å². The largest absolute Gasteiger partial charge is 0.457 e. The molecule has 0 aliphatic carbocycles. The van der Waals surface area contributed by atoms with Crippen LogP contribution in [0.4, 0.5) is 0 Å². The van der Waals surface area contributed by atoms with Gasteiger partial charge in [0.15, 0.2) is 6.29 Å². The summed E-state index contributed by atoms with van der Waals surface area (Å²) >= 11 is 9.30. The molecule has 2 aromatic rings. The number of halogens is 2. The van der Waals surface area contributed by atoms with E-state index in [9.17, 15) is 4.79 Å². The molecule has 0 bridgehead atoms. The smallest absolute Gasteiger partial charge is 0.153 e. The van der Waals surface area contributed by atoms with E-state index in [-0.39, 0.29) is 0 Å². The van der Waals surface area contributed by atoms with Gasteiger partial charge in [-0.3, -0.25) is 4.79 Å². The molecule has 2 aromatic carbocycles. The second-order valence-electron chi connectivity index (χ2n) is 3.81. The van der Waals surface area contributed by atoms with E-state index >= 15 is 0 Å².